The Balaban J connectivity index is 1.86. The van der Waals surface area contributed by atoms with Gasteiger partial charge in [-0.25, -0.2) is 5.43 Å². The van der Waals surface area contributed by atoms with Crippen LogP contribution in [0.15, 0.2) is 61.0 Å². The third-order valence-corrected chi connectivity index (χ3v) is 5.15. The average molecular weight is 490 g/mol. The van der Waals surface area contributed by atoms with Crippen LogP contribution >= 0.6 is 47.8 Å². The first kappa shape index (κ1) is 17.2. The molecule has 2 aromatic rings. The first-order valence-electron chi connectivity index (χ1n) is 6.31. The van der Waals surface area contributed by atoms with Crippen molar-refractivity contribution in [3.8, 4) is 0 Å². The van der Waals surface area contributed by atoms with Crippen LogP contribution in [0.25, 0.3) is 0 Å². The van der Waals surface area contributed by atoms with Gasteiger partial charge in [0.05, 0.1) is 18.4 Å². The monoisotopic (exact) mass is 487 g/mol. The highest BCUT2D eigenvalue weighted by atomic mass is 79.9. The van der Waals surface area contributed by atoms with Gasteiger partial charge >= 0.3 is 0 Å². The lowest BCUT2D eigenvalue weighted by atomic mass is 10.2. The zero-order valence-electron chi connectivity index (χ0n) is 11.3. The molecule has 2 aromatic carbocycles. The van der Waals surface area contributed by atoms with E-state index in [1.807, 2.05) is 42.5 Å². The maximum atomic E-state index is 11.7. The van der Waals surface area contributed by atoms with Crippen molar-refractivity contribution in [3.05, 3.63) is 61.4 Å². The number of carbonyl (C=O) groups excluding carboxylic acids is 1. The number of carbonyl (C=O) groups is 1. The Morgan fingerprint density at radius 3 is 2.45 bits per heavy atom. The van der Waals surface area contributed by atoms with Crippen molar-refractivity contribution >= 4 is 65.6 Å². The van der Waals surface area contributed by atoms with Crippen molar-refractivity contribution < 1.29 is 4.79 Å². The summed E-state index contributed by atoms with van der Waals surface area (Å²) in [7, 11) is 0. The molecule has 0 saturated heterocycles. The molecule has 0 spiro atoms. The van der Waals surface area contributed by atoms with E-state index >= 15 is 0 Å². The van der Waals surface area contributed by atoms with Gasteiger partial charge in [0.25, 0.3) is 5.91 Å². The Morgan fingerprint density at radius 2 is 1.73 bits per heavy atom. The van der Waals surface area contributed by atoms with Crippen LogP contribution in [-0.4, -0.2) is 18.7 Å². The second-order valence-electron chi connectivity index (χ2n) is 4.30. The molecule has 22 heavy (non-hydrogen) atoms. The van der Waals surface area contributed by atoms with Crippen LogP contribution in [0.2, 0.25) is 0 Å². The summed E-state index contributed by atoms with van der Waals surface area (Å²) in [6.07, 6.45) is 1.60. The van der Waals surface area contributed by atoms with Gasteiger partial charge in [0.1, 0.15) is 0 Å². The molecule has 1 amide bonds. The second-order valence-corrected chi connectivity index (χ2v) is 6.87. The molecule has 0 aliphatic rings. The Bertz CT molecular complexity index is 690. The highest BCUT2D eigenvalue weighted by Crippen LogP contribution is 2.32. The van der Waals surface area contributed by atoms with Gasteiger partial charge < -0.3 is 5.32 Å². The quantitative estimate of drug-likeness (QED) is 0.368. The molecule has 0 aliphatic heterocycles. The molecule has 0 radical (unpaired) electrons. The summed E-state index contributed by atoms with van der Waals surface area (Å²) >= 11 is 10.3. The third kappa shape index (κ3) is 5.23. The molecule has 114 valence electrons. The lowest BCUT2D eigenvalue weighted by molar-refractivity contribution is -0.119. The molecule has 2 rings (SSSR count). The lowest BCUT2D eigenvalue weighted by Gasteiger charge is -2.09. The van der Waals surface area contributed by atoms with Gasteiger partial charge in [-0.3, -0.25) is 4.79 Å². The standard InChI is InChI=1S/C15H12Br3N3O/c16-11-6-13(18)14(7-12(11)17)19-9-15(22)21-20-8-10-4-2-1-3-5-10/h1-8,19H,9H2,(H,21,22). The number of nitrogens with one attached hydrogen (secondary N) is 2. The summed E-state index contributed by atoms with van der Waals surface area (Å²) < 4.78 is 2.70. The normalized spacial score (nSPS) is 10.7. The molecule has 0 unspecified atom stereocenters. The minimum absolute atomic E-state index is 0.124. The van der Waals surface area contributed by atoms with E-state index in [9.17, 15) is 4.79 Å². The number of halogens is 3. The first-order chi connectivity index (χ1) is 10.6. The number of benzene rings is 2. The first-order valence-corrected chi connectivity index (χ1v) is 8.69. The molecule has 0 fully saturated rings. The van der Waals surface area contributed by atoms with Crippen LogP contribution < -0.4 is 10.7 Å². The molecule has 0 bridgehead atoms. The third-order valence-electron chi connectivity index (χ3n) is 2.65. The van der Waals surface area contributed by atoms with E-state index < -0.39 is 0 Å². The summed E-state index contributed by atoms with van der Waals surface area (Å²) in [4.78, 5) is 11.7. The van der Waals surface area contributed by atoms with Gasteiger partial charge in [0.15, 0.2) is 0 Å². The van der Waals surface area contributed by atoms with E-state index in [1.165, 1.54) is 0 Å². The lowest BCUT2D eigenvalue weighted by Crippen LogP contribution is -2.26. The van der Waals surface area contributed by atoms with Crippen LogP contribution in [0.4, 0.5) is 5.69 Å². The predicted octanol–water partition coefficient (Wildman–Crippen LogP) is 4.54. The number of rotatable bonds is 5. The minimum atomic E-state index is -0.224. The summed E-state index contributed by atoms with van der Waals surface area (Å²) in [5.74, 6) is -0.224. The average Bonchev–Trinajstić information content (AvgIpc) is 2.50. The summed E-state index contributed by atoms with van der Waals surface area (Å²) in [5, 5.41) is 6.96. The van der Waals surface area contributed by atoms with Gasteiger partial charge in [0.2, 0.25) is 0 Å². The maximum absolute atomic E-state index is 11.7. The van der Waals surface area contributed by atoms with Gasteiger partial charge in [0, 0.05) is 13.4 Å². The minimum Gasteiger partial charge on any atom is -0.375 e. The van der Waals surface area contributed by atoms with E-state index in [0.29, 0.717) is 0 Å². The Labute approximate surface area is 153 Å². The number of hydrogen-bond acceptors (Lipinski definition) is 3. The molecule has 2 N–H and O–H groups in total. The van der Waals surface area contributed by atoms with E-state index in [-0.39, 0.29) is 12.5 Å². The Hall–Kier alpha value is -1.18. The van der Waals surface area contributed by atoms with Crippen molar-refractivity contribution in [1.29, 1.82) is 0 Å². The Morgan fingerprint density at radius 1 is 1.05 bits per heavy atom. The number of anilines is 1. The summed E-state index contributed by atoms with van der Waals surface area (Å²) in [6, 6.07) is 13.3. The summed E-state index contributed by atoms with van der Waals surface area (Å²) in [5.41, 5.74) is 4.22. The molecule has 0 saturated carbocycles. The Kier molecular flexibility index (Phi) is 6.60. The molecule has 4 nitrogen and oxygen atoms in total. The number of hydrazone groups is 1. The molecular weight excluding hydrogens is 478 g/mol. The molecule has 7 heteroatoms. The van der Waals surface area contributed by atoms with Crippen molar-refractivity contribution in [3.63, 3.8) is 0 Å². The fourth-order valence-corrected chi connectivity index (χ4v) is 3.07. The fraction of sp³-hybridized carbons (Fsp3) is 0.0667. The second kappa shape index (κ2) is 8.45. The van der Waals surface area contributed by atoms with Crippen LogP contribution in [0.1, 0.15) is 5.56 Å². The van der Waals surface area contributed by atoms with Gasteiger partial charge in [-0.2, -0.15) is 5.10 Å². The van der Waals surface area contributed by atoms with E-state index in [4.69, 9.17) is 0 Å². The van der Waals surface area contributed by atoms with E-state index in [2.05, 4.69) is 63.6 Å². The number of nitrogens with zero attached hydrogens (tertiary/aromatic N) is 1. The van der Waals surface area contributed by atoms with Crippen molar-refractivity contribution in [1.82, 2.24) is 5.43 Å². The smallest absolute Gasteiger partial charge is 0.259 e. The van der Waals surface area contributed by atoms with Crippen molar-refractivity contribution in [2.24, 2.45) is 5.10 Å². The zero-order valence-corrected chi connectivity index (χ0v) is 16.1. The summed E-state index contributed by atoms with van der Waals surface area (Å²) in [6.45, 7) is 0.124. The topological polar surface area (TPSA) is 53.5 Å². The van der Waals surface area contributed by atoms with Crippen LogP contribution in [0, 0.1) is 0 Å². The van der Waals surface area contributed by atoms with Gasteiger partial charge in [-0.15, -0.1) is 0 Å². The van der Waals surface area contributed by atoms with Gasteiger partial charge in [-0.05, 0) is 65.5 Å². The highest BCUT2D eigenvalue weighted by Gasteiger charge is 2.06. The SMILES string of the molecule is O=C(CNc1cc(Br)c(Br)cc1Br)NN=Cc1ccccc1. The van der Waals surface area contributed by atoms with Crippen molar-refractivity contribution in [2.75, 3.05) is 11.9 Å². The van der Waals surface area contributed by atoms with Gasteiger partial charge in [-0.1, -0.05) is 30.3 Å². The van der Waals surface area contributed by atoms with E-state index in [1.54, 1.807) is 6.21 Å². The zero-order chi connectivity index (χ0) is 15.9. The largest absolute Gasteiger partial charge is 0.375 e. The van der Waals surface area contributed by atoms with Crippen LogP contribution in [0.5, 0.6) is 0 Å². The molecule has 0 atom stereocenters. The van der Waals surface area contributed by atoms with Crippen LogP contribution in [-0.2, 0) is 4.79 Å². The fourth-order valence-electron chi connectivity index (χ4n) is 1.59. The van der Waals surface area contributed by atoms with Crippen molar-refractivity contribution in [2.45, 2.75) is 0 Å². The van der Waals surface area contributed by atoms with E-state index in [0.717, 1.165) is 24.7 Å². The van der Waals surface area contributed by atoms with Crippen LogP contribution in [0.3, 0.4) is 0 Å². The highest BCUT2D eigenvalue weighted by molar-refractivity contribution is 9.13. The predicted molar refractivity (Wildman–Crippen MR) is 100 cm³/mol. The maximum Gasteiger partial charge on any atom is 0.259 e. The number of amides is 1. The molecule has 0 heterocycles. The number of hydrogen-bond donors (Lipinski definition) is 2. The molecule has 0 aliphatic carbocycles. The molecule has 0 aromatic heterocycles. The molecular formula is C15H12Br3N3O.